The van der Waals surface area contributed by atoms with Gasteiger partial charge >= 0.3 is 0 Å². The van der Waals surface area contributed by atoms with Crippen LogP contribution >= 0.6 is 0 Å². The lowest BCUT2D eigenvalue weighted by Gasteiger charge is -2.30. The van der Waals surface area contributed by atoms with Crippen LogP contribution < -0.4 is 9.46 Å². The average Bonchev–Trinajstić information content (AvgIpc) is 3.11. The minimum atomic E-state index is -3.48. The molecule has 2 aromatic carbocycles. The molecular weight excluding hydrogens is 322 g/mol. The smallest absolute Gasteiger partial charge is 0.240 e. The second-order valence-corrected chi connectivity index (χ2v) is 8.12. The van der Waals surface area contributed by atoms with Gasteiger partial charge in [0, 0.05) is 12.0 Å². The minimum absolute atomic E-state index is 0.131. The van der Waals surface area contributed by atoms with Crippen LogP contribution in [0.1, 0.15) is 31.2 Å². The first-order valence-corrected chi connectivity index (χ1v) is 9.73. The van der Waals surface area contributed by atoms with Crippen molar-refractivity contribution in [2.45, 2.75) is 36.0 Å². The summed E-state index contributed by atoms with van der Waals surface area (Å²) in [4.78, 5) is 0.313. The van der Waals surface area contributed by atoms with Gasteiger partial charge in [-0.05, 0) is 42.7 Å². The summed E-state index contributed by atoms with van der Waals surface area (Å²) in [6, 6.07) is 16.5. The quantitative estimate of drug-likeness (QED) is 0.872. The van der Waals surface area contributed by atoms with E-state index in [0.717, 1.165) is 31.4 Å². The van der Waals surface area contributed by atoms with E-state index in [1.165, 1.54) is 5.56 Å². The van der Waals surface area contributed by atoms with Crippen molar-refractivity contribution in [3.63, 3.8) is 0 Å². The van der Waals surface area contributed by atoms with E-state index in [4.69, 9.17) is 4.74 Å². The second-order valence-electron chi connectivity index (χ2n) is 6.35. The summed E-state index contributed by atoms with van der Waals surface area (Å²) in [5.74, 6) is 0.816. The number of sulfonamides is 1. The fourth-order valence-electron chi connectivity index (χ4n) is 3.48. The van der Waals surface area contributed by atoms with Crippen LogP contribution in [0.3, 0.4) is 0 Å². The van der Waals surface area contributed by atoms with Gasteiger partial charge in [0.1, 0.15) is 5.75 Å². The summed E-state index contributed by atoms with van der Waals surface area (Å²) in [7, 11) is -1.83. The molecule has 0 atom stereocenters. The van der Waals surface area contributed by atoms with Crippen molar-refractivity contribution in [1.29, 1.82) is 0 Å². The highest BCUT2D eigenvalue weighted by Crippen LogP contribution is 2.41. The SMILES string of the molecule is COc1ccc(C2(CNS(=O)(=O)c3ccccc3)CCCC2)cc1. The third-order valence-electron chi connectivity index (χ3n) is 4.92. The molecule has 1 fully saturated rings. The molecule has 0 bridgehead atoms. The van der Waals surface area contributed by atoms with E-state index in [1.54, 1.807) is 31.4 Å². The van der Waals surface area contributed by atoms with Crippen molar-refractivity contribution in [2.24, 2.45) is 0 Å². The monoisotopic (exact) mass is 345 g/mol. The van der Waals surface area contributed by atoms with Crippen LogP contribution in [-0.2, 0) is 15.4 Å². The first-order valence-electron chi connectivity index (χ1n) is 8.25. The predicted molar refractivity (Wildman–Crippen MR) is 94.8 cm³/mol. The molecule has 3 rings (SSSR count). The van der Waals surface area contributed by atoms with Gasteiger partial charge < -0.3 is 4.74 Å². The van der Waals surface area contributed by atoms with Crippen LogP contribution in [0, 0.1) is 0 Å². The Hall–Kier alpha value is -1.85. The molecule has 1 aliphatic carbocycles. The van der Waals surface area contributed by atoms with Crippen molar-refractivity contribution in [3.8, 4) is 5.75 Å². The summed E-state index contributed by atoms with van der Waals surface area (Å²) in [6.45, 7) is 0.427. The molecule has 24 heavy (non-hydrogen) atoms. The molecule has 4 nitrogen and oxygen atoms in total. The van der Waals surface area contributed by atoms with Gasteiger partial charge in [0.2, 0.25) is 10.0 Å². The van der Waals surface area contributed by atoms with Crippen molar-refractivity contribution < 1.29 is 13.2 Å². The van der Waals surface area contributed by atoms with E-state index in [9.17, 15) is 8.42 Å². The second kappa shape index (κ2) is 6.95. The number of methoxy groups -OCH3 is 1. The largest absolute Gasteiger partial charge is 0.497 e. The van der Waals surface area contributed by atoms with Crippen molar-refractivity contribution >= 4 is 10.0 Å². The molecule has 1 saturated carbocycles. The van der Waals surface area contributed by atoms with E-state index >= 15 is 0 Å². The highest BCUT2D eigenvalue weighted by Gasteiger charge is 2.36. The average molecular weight is 345 g/mol. The van der Waals surface area contributed by atoms with Gasteiger partial charge in [-0.1, -0.05) is 43.2 Å². The molecule has 0 aliphatic heterocycles. The molecule has 0 heterocycles. The lowest BCUT2D eigenvalue weighted by Crippen LogP contribution is -2.39. The Kier molecular flexibility index (Phi) is 4.92. The first-order chi connectivity index (χ1) is 11.6. The summed E-state index contributed by atoms with van der Waals surface area (Å²) in [5, 5.41) is 0. The van der Waals surface area contributed by atoms with E-state index in [0.29, 0.717) is 11.4 Å². The molecule has 1 N–H and O–H groups in total. The highest BCUT2D eigenvalue weighted by molar-refractivity contribution is 7.89. The van der Waals surface area contributed by atoms with E-state index in [1.807, 2.05) is 18.2 Å². The topological polar surface area (TPSA) is 55.4 Å². The molecule has 128 valence electrons. The lowest BCUT2D eigenvalue weighted by molar-refractivity contribution is 0.410. The maximum atomic E-state index is 12.5. The molecule has 2 aromatic rings. The van der Waals surface area contributed by atoms with E-state index < -0.39 is 10.0 Å². The number of hydrogen-bond acceptors (Lipinski definition) is 3. The maximum Gasteiger partial charge on any atom is 0.240 e. The zero-order valence-corrected chi connectivity index (χ0v) is 14.7. The molecule has 1 aliphatic rings. The summed E-state index contributed by atoms with van der Waals surface area (Å²) >= 11 is 0. The normalized spacial score (nSPS) is 16.9. The highest BCUT2D eigenvalue weighted by atomic mass is 32.2. The summed E-state index contributed by atoms with van der Waals surface area (Å²) in [6.07, 6.45) is 4.24. The number of nitrogens with one attached hydrogen (secondary N) is 1. The van der Waals surface area contributed by atoms with Gasteiger partial charge in [0.25, 0.3) is 0 Å². The molecular formula is C19H23NO3S. The fourth-order valence-corrected chi connectivity index (χ4v) is 4.63. The van der Waals surface area contributed by atoms with Gasteiger partial charge in [0.05, 0.1) is 12.0 Å². The predicted octanol–water partition coefficient (Wildman–Crippen LogP) is 3.49. The molecule has 0 unspecified atom stereocenters. The first kappa shape index (κ1) is 17.0. The Morgan fingerprint density at radius 2 is 1.62 bits per heavy atom. The molecule has 0 saturated heterocycles. The Balaban J connectivity index is 1.81. The zero-order valence-electron chi connectivity index (χ0n) is 13.9. The number of rotatable bonds is 6. The Labute approximate surface area is 143 Å². The summed E-state index contributed by atoms with van der Waals surface area (Å²) < 4.78 is 33.1. The molecule has 0 spiro atoms. The Morgan fingerprint density at radius 1 is 1.00 bits per heavy atom. The standard InChI is InChI=1S/C19H23NO3S/c1-23-17-11-9-16(10-12-17)19(13-5-6-14-19)15-20-24(21,22)18-7-3-2-4-8-18/h2-4,7-12,20H,5-6,13-15H2,1H3. The van der Waals surface area contributed by atoms with Crippen LogP contribution in [-0.4, -0.2) is 22.1 Å². The third kappa shape index (κ3) is 3.47. The van der Waals surface area contributed by atoms with Crippen LogP contribution in [0.5, 0.6) is 5.75 Å². The maximum absolute atomic E-state index is 12.5. The van der Waals surface area contributed by atoms with Gasteiger partial charge in [-0.3, -0.25) is 0 Å². The third-order valence-corrected chi connectivity index (χ3v) is 6.33. The number of ether oxygens (including phenoxy) is 1. The van der Waals surface area contributed by atoms with E-state index in [-0.39, 0.29) is 5.41 Å². The molecule has 0 amide bonds. The zero-order chi connectivity index (χ0) is 17.0. The van der Waals surface area contributed by atoms with Crippen LogP contribution in [0.15, 0.2) is 59.5 Å². The minimum Gasteiger partial charge on any atom is -0.497 e. The van der Waals surface area contributed by atoms with Crippen LogP contribution in [0.4, 0.5) is 0 Å². The summed E-state index contributed by atoms with van der Waals surface area (Å²) in [5.41, 5.74) is 1.05. The van der Waals surface area contributed by atoms with Gasteiger partial charge in [-0.15, -0.1) is 0 Å². The van der Waals surface area contributed by atoms with Crippen molar-refractivity contribution in [2.75, 3.05) is 13.7 Å². The van der Waals surface area contributed by atoms with Crippen molar-refractivity contribution in [3.05, 3.63) is 60.2 Å². The lowest BCUT2D eigenvalue weighted by atomic mass is 9.79. The van der Waals surface area contributed by atoms with Gasteiger partial charge in [-0.25, -0.2) is 13.1 Å². The van der Waals surface area contributed by atoms with Crippen molar-refractivity contribution in [1.82, 2.24) is 4.72 Å². The van der Waals surface area contributed by atoms with E-state index in [2.05, 4.69) is 16.9 Å². The van der Waals surface area contributed by atoms with Crippen LogP contribution in [0.2, 0.25) is 0 Å². The number of benzene rings is 2. The van der Waals surface area contributed by atoms with Gasteiger partial charge in [0.15, 0.2) is 0 Å². The Morgan fingerprint density at radius 3 is 2.21 bits per heavy atom. The Bertz CT molecular complexity index is 764. The van der Waals surface area contributed by atoms with Gasteiger partial charge in [-0.2, -0.15) is 0 Å². The molecule has 0 radical (unpaired) electrons. The number of hydrogen-bond donors (Lipinski definition) is 1. The molecule has 0 aromatic heterocycles. The molecule has 5 heteroatoms. The van der Waals surface area contributed by atoms with Crippen LogP contribution in [0.25, 0.3) is 0 Å². The fraction of sp³-hybridized carbons (Fsp3) is 0.368.